The second-order valence-electron chi connectivity index (χ2n) is 3.52. The van der Waals surface area contributed by atoms with E-state index in [-0.39, 0.29) is 12.3 Å². The molecule has 1 aromatic carbocycles. The molecule has 17 heavy (non-hydrogen) atoms. The Hall–Kier alpha value is -1.26. The van der Waals surface area contributed by atoms with Crippen molar-refractivity contribution in [3.8, 4) is 0 Å². The van der Waals surface area contributed by atoms with E-state index in [1.165, 1.54) is 6.92 Å². The van der Waals surface area contributed by atoms with Crippen molar-refractivity contribution < 1.29 is 14.7 Å². The highest BCUT2D eigenvalue weighted by Crippen LogP contribution is 2.26. The second-order valence-corrected chi connectivity index (χ2v) is 4.34. The zero-order chi connectivity index (χ0) is 13.0. The van der Waals surface area contributed by atoms with Gasteiger partial charge in [-0.1, -0.05) is 29.3 Å². The smallest absolute Gasteiger partial charge is 0.305 e. The summed E-state index contributed by atoms with van der Waals surface area (Å²) in [7, 11) is 0. The first-order chi connectivity index (χ1) is 7.90. The Morgan fingerprint density at radius 2 is 2.00 bits per heavy atom. The lowest BCUT2D eigenvalue weighted by molar-refractivity contribution is -0.137. The van der Waals surface area contributed by atoms with Crippen LogP contribution in [0.5, 0.6) is 0 Å². The molecule has 6 heteroatoms. The van der Waals surface area contributed by atoms with Crippen LogP contribution in [0.4, 0.5) is 0 Å². The van der Waals surface area contributed by atoms with Gasteiger partial charge in [-0.25, -0.2) is 0 Å². The van der Waals surface area contributed by atoms with Crippen molar-refractivity contribution >= 4 is 35.1 Å². The minimum Gasteiger partial charge on any atom is -0.481 e. The molecule has 1 rings (SSSR count). The number of carbonyl (C=O) groups excluding carboxylic acids is 1. The first-order valence-corrected chi connectivity index (χ1v) is 5.59. The third-order valence-electron chi connectivity index (χ3n) is 2.10. The topological polar surface area (TPSA) is 66.4 Å². The molecule has 0 radical (unpaired) electrons. The fourth-order valence-corrected chi connectivity index (χ4v) is 1.71. The third-order valence-corrected chi connectivity index (χ3v) is 2.84. The molecule has 0 aliphatic rings. The van der Waals surface area contributed by atoms with E-state index in [1.807, 2.05) is 0 Å². The molecule has 0 bridgehead atoms. The molecular weight excluding hydrogens is 265 g/mol. The summed E-state index contributed by atoms with van der Waals surface area (Å²) < 4.78 is 0. The molecule has 0 saturated heterocycles. The molecule has 1 amide bonds. The molecule has 0 aliphatic carbocycles. The highest BCUT2D eigenvalue weighted by molar-refractivity contribution is 6.42. The van der Waals surface area contributed by atoms with Crippen LogP contribution in [0.15, 0.2) is 18.2 Å². The lowest BCUT2D eigenvalue weighted by Gasteiger charge is -2.16. The van der Waals surface area contributed by atoms with Gasteiger partial charge in [0.2, 0.25) is 5.91 Å². The fraction of sp³-hybridized carbons (Fsp3) is 0.273. The minimum absolute atomic E-state index is 0.211. The summed E-state index contributed by atoms with van der Waals surface area (Å²) in [6, 6.07) is 4.14. The van der Waals surface area contributed by atoms with E-state index in [9.17, 15) is 9.59 Å². The molecule has 1 atom stereocenters. The number of amides is 1. The molecule has 0 saturated carbocycles. The molecule has 92 valence electrons. The van der Waals surface area contributed by atoms with E-state index >= 15 is 0 Å². The number of nitrogens with one attached hydrogen (secondary N) is 1. The zero-order valence-electron chi connectivity index (χ0n) is 9.04. The molecule has 2 N–H and O–H groups in total. The number of aliphatic carboxylic acids is 1. The number of hydrogen-bond donors (Lipinski definition) is 2. The van der Waals surface area contributed by atoms with Crippen molar-refractivity contribution in [3.05, 3.63) is 33.8 Å². The molecular formula is C11H11Cl2NO3. The SMILES string of the molecule is CC(=O)N[C@@H](CC(=O)O)c1ccc(Cl)c(Cl)c1. The number of carboxylic acids is 1. The van der Waals surface area contributed by atoms with Gasteiger partial charge in [0.25, 0.3) is 0 Å². The lowest BCUT2D eigenvalue weighted by Crippen LogP contribution is -2.27. The van der Waals surface area contributed by atoms with Gasteiger partial charge in [0.15, 0.2) is 0 Å². The van der Waals surface area contributed by atoms with Gasteiger partial charge >= 0.3 is 5.97 Å². The normalized spacial score (nSPS) is 11.9. The Bertz CT molecular complexity index is 432. The molecule has 0 aliphatic heterocycles. The first-order valence-electron chi connectivity index (χ1n) is 4.84. The minimum atomic E-state index is -1.00. The van der Waals surface area contributed by atoms with Crippen molar-refractivity contribution in [1.82, 2.24) is 5.32 Å². The summed E-state index contributed by atoms with van der Waals surface area (Å²) in [6.07, 6.45) is -0.211. The molecule has 0 unspecified atom stereocenters. The number of halogens is 2. The third kappa shape index (κ3) is 4.24. The quantitative estimate of drug-likeness (QED) is 0.888. The Balaban J connectivity index is 2.98. The first kappa shape index (κ1) is 13.8. The number of benzene rings is 1. The standard InChI is InChI=1S/C11H11Cl2NO3/c1-6(15)14-10(5-11(16)17)7-2-3-8(12)9(13)4-7/h2-4,10H,5H2,1H3,(H,14,15)(H,16,17)/t10-/m0/s1. The van der Waals surface area contributed by atoms with Gasteiger partial charge < -0.3 is 10.4 Å². The van der Waals surface area contributed by atoms with E-state index in [2.05, 4.69) is 5.32 Å². The van der Waals surface area contributed by atoms with Crippen molar-refractivity contribution in [2.24, 2.45) is 0 Å². The van der Waals surface area contributed by atoms with Crippen LogP contribution in [0.1, 0.15) is 24.9 Å². The number of hydrogen-bond acceptors (Lipinski definition) is 2. The average Bonchev–Trinajstić information content (AvgIpc) is 2.19. The maximum absolute atomic E-state index is 11.0. The van der Waals surface area contributed by atoms with Crippen molar-refractivity contribution in [1.29, 1.82) is 0 Å². The van der Waals surface area contributed by atoms with E-state index in [0.29, 0.717) is 15.6 Å². The molecule has 4 nitrogen and oxygen atoms in total. The van der Waals surface area contributed by atoms with Crippen molar-refractivity contribution in [2.45, 2.75) is 19.4 Å². The van der Waals surface area contributed by atoms with E-state index < -0.39 is 12.0 Å². The predicted octanol–water partition coefficient (Wildman–Crippen LogP) is 2.65. The largest absolute Gasteiger partial charge is 0.481 e. The van der Waals surface area contributed by atoms with Gasteiger partial charge in [-0.05, 0) is 17.7 Å². The van der Waals surface area contributed by atoms with Crippen molar-refractivity contribution in [2.75, 3.05) is 0 Å². The summed E-state index contributed by atoms with van der Waals surface area (Å²) in [5.74, 6) is -1.31. The Morgan fingerprint density at radius 3 is 2.47 bits per heavy atom. The number of rotatable bonds is 4. The van der Waals surface area contributed by atoms with Crippen molar-refractivity contribution in [3.63, 3.8) is 0 Å². The van der Waals surface area contributed by atoms with Crippen LogP contribution in [0, 0.1) is 0 Å². The Labute approximate surface area is 109 Å². The maximum atomic E-state index is 11.0. The fourth-order valence-electron chi connectivity index (χ4n) is 1.40. The number of carboxylic acid groups (broad SMARTS) is 1. The second kappa shape index (κ2) is 5.89. The number of carbonyl (C=O) groups is 2. The monoisotopic (exact) mass is 275 g/mol. The van der Waals surface area contributed by atoms with Crippen LogP contribution in [0.25, 0.3) is 0 Å². The molecule has 0 fully saturated rings. The summed E-state index contributed by atoms with van der Waals surface area (Å²) in [5.41, 5.74) is 0.608. The zero-order valence-corrected chi connectivity index (χ0v) is 10.5. The summed E-state index contributed by atoms with van der Waals surface area (Å²) >= 11 is 11.6. The van der Waals surface area contributed by atoms with Crippen LogP contribution < -0.4 is 5.32 Å². The molecule has 1 aromatic rings. The van der Waals surface area contributed by atoms with E-state index in [4.69, 9.17) is 28.3 Å². The molecule has 0 spiro atoms. The van der Waals surface area contributed by atoms with Gasteiger partial charge in [0.1, 0.15) is 0 Å². The van der Waals surface area contributed by atoms with Crippen LogP contribution in [-0.2, 0) is 9.59 Å². The van der Waals surface area contributed by atoms with Gasteiger partial charge in [-0.3, -0.25) is 9.59 Å². The van der Waals surface area contributed by atoms with Gasteiger partial charge in [0.05, 0.1) is 22.5 Å². The van der Waals surface area contributed by atoms with Gasteiger partial charge in [-0.2, -0.15) is 0 Å². The molecule has 0 aromatic heterocycles. The highest BCUT2D eigenvalue weighted by Gasteiger charge is 2.17. The van der Waals surface area contributed by atoms with Gasteiger partial charge in [-0.15, -0.1) is 0 Å². The molecule has 0 heterocycles. The van der Waals surface area contributed by atoms with Gasteiger partial charge in [0, 0.05) is 6.92 Å². The van der Waals surface area contributed by atoms with Crippen LogP contribution in [0.2, 0.25) is 10.0 Å². The van der Waals surface area contributed by atoms with E-state index in [1.54, 1.807) is 18.2 Å². The summed E-state index contributed by atoms with van der Waals surface area (Å²) in [4.78, 5) is 21.7. The summed E-state index contributed by atoms with van der Waals surface area (Å²) in [6.45, 7) is 1.33. The lowest BCUT2D eigenvalue weighted by atomic mass is 10.0. The average molecular weight is 276 g/mol. The predicted molar refractivity (Wildman–Crippen MR) is 65.3 cm³/mol. The van der Waals surface area contributed by atoms with Crippen LogP contribution >= 0.6 is 23.2 Å². The van der Waals surface area contributed by atoms with Crippen LogP contribution in [0.3, 0.4) is 0 Å². The highest BCUT2D eigenvalue weighted by atomic mass is 35.5. The Morgan fingerprint density at radius 1 is 1.35 bits per heavy atom. The van der Waals surface area contributed by atoms with E-state index in [0.717, 1.165) is 0 Å². The Kier molecular flexibility index (Phi) is 4.78. The summed E-state index contributed by atoms with van der Waals surface area (Å²) in [5, 5.41) is 12.0. The van der Waals surface area contributed by atoms with Crippen LogP contribution in [-0.4, -0.2) is 17.0 Å². The maximum Gasteiger partial charge on any atom is 0.305 e.